The minimum Gasteiger partial charge on any atom is -0.507 e. The fourth-order valence-electron chi connectivity index (χ4n) is 7.77. The number of nitrogens with zero attached hydrogens (tertiary/aromatic N) is 5. The number of aliphatic hydroxyl groups excluding tert-OH is 1. The highest BCUT2D eigenvalue weighted by atomic mass is 16.5. The third kappa shape index (κ3) is 9.91. The van der Waals surface area contributed by atoms with Crippen LogP contribution in [-0.2, 0) is 19.1 Å². The average molecular weight is 722 g/mol. The number of aromatic nitrogens is 2. The van der Waals surface area contributed by atoms with Gasteiger partial charge in [0.25, 0.3) is 0 Å². The van der Waals surface area contributed by atoms with Gasteiger partial charge in [-0.05, 0) is 62.6 Å². The number of hydrogen-bond acceptors (Lipinski definition) is 10. The number of anilines is 2. The van der Waals surface area contributed by atoms with E-state index in [0.717, 1.165) is 57.1 Å². The molecule has 5 rings (SSSR count). The molecule has 0 unspecified atom stereocenters. The summed E-state index contributed by atoms with van der Waals surface area (Å²) in [5, 5.41) is 31.7. The number of nitrogen functional groups attached to an aromatic ring is 1. The molecular formula is C39H59N7O6. The number of para-hydroxylation sites is 1. The molecule has 0 saturated carbocycles. The molecule has 3 amide bonds. The Morgan fingerprint density at radius 3 is 2.35 bits per heavy atom. The molecule has 1 aromatic carbocycles. The van der Waals surface area contributed by atoms with E-state index in [9.17, 15) is 24.6 Å². The quantitative estimate of drug-likeness (QED) is 0.219. The minimum absolute atomic E-state index is 0.0423. The van der Waals surface area contributed by atoms with E-state index in [-0.39, 0.29) is 35.1 Å². The Morgan fingerprint density at radius 2 is 1.69 bits per heavy atom. The fourth-order valence-corrected chi connectivity index (χ4v) is 7.77. The van der Waals surface area contributed by atoms with E-state index in [2.05, 4.69) is 20.4 Å². The number of carbonyl (C=O) groups is 3. The number of nitrogens with one attached hydrogen (secondary N) is 1. The number of piperidine rings is 1. The van der Waals surface area contributed by atoms with Crippen molar-refractivity contribution >= 4 is 29.2 Å². The summed E-state index contributed by atoms with van der Waals surface area (Å²) in [4.78, 5) is 45.1. The van der Waals surface area contributed by atoms with Gasteiger partial charge in [-0.25, -0.2) is 0 Å². The molecule has 1 aromatic heterocycles. The van der Waals surface area contributed by atoms with Crippen molar-refractivity contribution in [2.24, 2.45) is 5.41 Å². The lowest BCUT2D eigenvalue weighted by Crippen LogP contribution is -2.58. The number of carbonyl (C=O) groups excluding carboxylic acids is 3. The normalized spacial score (nSPS) is 21.0. The van der Waals surface area contributed by atoms with E-state index in [1.165, 1.54) is 0 Å². The number of aromatic hydroxyl groups is 1. The number of nitrogens with two attached hydrogens (primary N) is 1. The maximum Gasteiger partial charge on any atom is 0.246 e. The summed E-state index contributed by atoms with van der Waals surface area (Å²) in [6.45, 7) is 11.2. The molecule has 3 aliphatic heterocycles. The number of rotatable bonds is 13. The Balaban J connectivity index is 0.981. The number of β-amino-alcohol motifs (C(OH)–C–C–N with tert-alkyl or cyclic N) is 1. The molecule has 286 valence electrons. The molecule has 13 heteroatoms. The van der Waals surface area contributed by atoms with Gasteiger partial charge in [0.1, 0.15) is 11.8 Å². The molecule has 3 atom stereocenters. The van der Waals surface area contributed by atoms with E-state index in [0.29, 0.717) is 75.7 Å². The van der Waals surface area contributed by atoms with E-state index < -0.39 is 17.6 Å². The van der Waals surface area contributed by atoms with E-state index >= 15 is 0 Å². The van der Waals surface area contributed by atoms with Crippen LogP contribution in [-0.4, -0.2) is 111 Å². The van der Waals surface area contributed by atoms with Gasteiger partial charge in [0, 0.05) is 57.2 Å². The fraction of sp³-hybridized carbons (Fsp3) is 0.667. The third-order valence-corrected chi connectivity index (χ3v) is 10.9. The first kappa shape index (κ1) is 39.2. The summed E-state index contributed by atoms with van der Waals surface area (Å²) in [7, 11) is 0. The lowest BCUT2D eigenvalue weighted by Gasteiger charge is -2.47. The molecule has 13 nitrogen and oxygen atoms in total. The number of aliphatic hydroxyl groups is 1. The maximum atomic E-state index is 13.3. The third-order valence-electron chi connectivity index (χ3n) is 10.9. The standard InChI is InChI=1S/C39H59N7O6/c1-27-23-28(47)25-46(27)37(51)35(38(2,3)4)41-33(49)15-9-7-5-6-8-10-16-34(50)45-21-22-52-39(26-45)17-19-44(20-18-39)31-24-30(42-43-36(31)40)29-13-11-12-14-32(29)48/h11-14,24,27-28,35,47-48H,5-10,15-23,25-26H2,1-4H3,(H2,40,43)(H,41,49)/t27-,28-,35-/m1/s1. The van der Waals surface area contributed by atoms with Crippen molar-refractivity contribution in [2.75, 3.05) is 50.0 Å². The number of amides is 3. The Kier molecular flexibility index (Phi) is 13.0. The van der Waals surface area contributed by atoms with Gasteiger partial charge in [-0.1, -0.05) is 58.6 Å². The van der Waals surface area contributed by atoms with Crippen molar-refractivity contribution in [3.63, 3.8) is 0 Å². The summed E-state index contributed by atoms with van der Waals surface area (Å²) in [5.41, 5.74) is 7.37. The summed E-state index contributed by atoms with van der Waals surface area (Å²) < 4.78 is 6.32. The molecule has 3 saturated heterocycles. The smallest absolute Gasteiger partial charge is 0.246 e. The molecule has 0 bridgehead atoms. The number of phenolic OH excluding ortho intramolecular Hbond substituents is 1. The molecular weight excluding hydrogens is 662 g/mol. The molecule has 3 aliphatic rings. The van der Waals surface area contributed by atoms with Crippen LogP contribution < -0.4 is 16.0 Å². The Morgan fingerprint density at radius 1 is 1.02 bits per heavy atom. The van der Waals surface area contributed by atoms with Crippen molar-refractivity contribution < 1.29 is 29.3 Å². The van der Waals surface area contributed by atoms with Crippen LogP contribution in [0, 0.1) is 5.41 Å². The number of morpholine rings is 1. The van der Waals surface area contributed by atoms with Gasteiger partial charge in [0.2, 0.25) is 17.7 Å². The van der Waals surface area contributed by atoms with Gasteiger partial charge >= 0.3 is 0 Å². The number of likely N-dealkylation sites (tertiary alicyclic amines) is 1. The minimum atomic E-state index is -0.631. The first-order valence-electron chi connectivity index (χ1n) is 19.1. The zero-order chi connectivity index (χ0) is 37.5. The highest BCUT2D eigenvalue weighted by molar-refractivity contribution is 5.88. The van der Waals surface area contributed by atoms with Crippen LogP contribution in [0.4, 0.5) is 11.5 Å². The lowest BCUT2D eigenvalue weighted by atomic mass is 9.85. The van der Waals surface area contributed by atoms with Crippen LogP contribution in [0.3, 0.4) is 0 Å². The van der Waals surface area contributed by atoms with Gasteiger partial charge in [0.15, 0.2) is 5.82 Å². The summed E-state index contributed by atoms with van der Waals surface area (Å²) >= 11 is 0. The summed E-state index contributed by atoms with van der Waals surface area (Å²) in [6.07, 6.45) is 7.95. The highest BCUT2D eigenvalue weighted by Gasteiger charge is 2.42. The van der Waals surface area contributed by atoms with Crippen LogP contribution in [0.2, 0.25) is 0 Å². The van der Waals surface area contributed by atoms with E-state index in [4.69, 9.17) is 10.5 Å². The van der Waals surface area contributed by atoms with Crippen LogP contribution in [0.25, 0.3) is 11.3 Å². The number of hydrogen-bond donors (Lipinski definition) is 4. The highest BCUT2D eigenvalue weighted by Crippen LogP contribution is 2.36. The van der Waals surface area contributed by atoms with Crippen molar-refractivity contribution in [3.05, 3.63) is 30.3 Å². The van der Waals surface area contributed by atoms with Crippen LogP contribution >= 0.6 is 0 Å². The van der Waals surface area contributed by atoms with Crippen LogP contribution in [0.1, 0.15) is 98.3 Å². The second-order valence-corrected chi connectivity index (χ2v) is 16.1. The van der Waals surface area contributed by atoms with Crippen molar-refractivity contribution in [2.45, 2.75) is 122 Å². The Bertz CT molecular complexity index is 1540. The number of phenols is 1. The zero-order valence-corrected chi connectivity index (χ0v) is 31.5. The van der Waals surface area contributed by atoms with Crippen molar-refractivity contribution in [3.8, 4) is 17.0 Å². The van der Waals surface area contributed by atoms with Crippen molar-refractivity contribution in [1.29, 1.82) is 0 Å². The molecule has 1 spiro atoms. The van der Waals surface area contributed by atoms with Gasteiger partial charge < -0.3 is 40.7 Å². The Labute approximate surface area is 308 Å². The van der Waals surface area contributed by atoms with E-state index in [1.807, 2.05) is 44.7 Å². The molecule has 2 aromatic rings. The summed E-state index contributed by atoms with van der Waals surface area (Å²) in [6, 6.07) is 8.23. The molecule has 5 N–H and O–H groups in total. The first-order valence-corrected chi connectivity index (χ1v) is 19.1. The maximum absolute atomic E-state index is 13.3. The zero-order valence-electron chi connectivity index (χ0n) is 31.5. The van der Waals surface area contributed by atoms with Gasteiger partial charge in [0.05, 0.1) is 29.7 Å². The van der Waals surface area contributed by atoms with Crippen LogP contribution in [0.15, 0.2) is 30.3 Å². The summed E-state index contributed by atoms with van der Waals surface area (Å²) in [5.74, 6) is 0.422. The molecule has 3 fully saturated rings. The van der Waals surface area contributed by atoms with Gasteiger partial charge in [-0.15, -0.1) is 10.2 Å². The van der Waals surface area contributed by atoms with Gasteiger partial charge in [-0.3, -0.25) is 14.4 Å². The van der Waals surface area contributed by atoms with Crippen molar-refractivity contribution in [1.82, 2.24) is 25.3 Å². The molecule has 52 heavy (non-hydrogen) atoms. The van der Waals surface area contributed by atoms with Gasteiger partial charge in [-0.2, -0.15) is 0 Å². The average Bonchev–Trinajstić information content (AvgIpc) is 3.45. The largest absolute Gasteiger partial charge is 0.507 e. The lowest BCUT2D eigenvalue weighted by molar-refractivity contribution is -0.154. The van der Waals surface area contributed by atoms with E-state index in [1.54, 1.807) is 23.1 Å². The monoisotopic (exact) mass is 721 g/mol. The number of benzene rings is 1. The Hall–Kier alpha value is -3.97. The molecule has 4 heterocycles. The predicted molar refractivity (Wildman–Crippen MR) is 200 cm³/mol. The molecule has 0 radical (unpaired) electrons. The van der Waals surface area contributed by atoms with Crippen LogP contribution in [0.5, 0.6) is 5.75 Å². The topological polar surface area (TPSA) is 174 Å². The number of unbranched alkanes of at least 4 members (excludes halogenated alkanes) is 5. The predicted octanol–water partition coefficient (Wildman–Crippen LogP) is 4.26. The first-order chi connectivity index (χ1) is 24.8. The molecule has 0 aliphatic carbocycles. The SMILES string of the molecule is C[C@@H]1C[C@@H](O)CN1C(=O)[C@@H](NC(=O)CCCCCCCCC(=O)N1CCOC2(CCN(c3cc(-c4ccccc4O)nnc3N)CC2)C1)C(C)(C)C. The number of ether oxygens (including phenoxy) is 1. The second kappa shape index (κ2) is 17.2. The second-order valence-electron chi connectivity index (χ2n) is 16.1.